The summed E-state index contributed by atoms with van der Waals surface area (Å²) >= 11 is 0. The van der Waals surface area contributed by atoms with Crippen LogP contribution >= 0.6 is 0 Å². The topological polar surface area (TPSA) is 67.8 Å². The lowest BCUT2D eigenvalue weighted by Gasteiger charge is -2.19. The number of aryl methyl sites for hydroxylation is 1. The zero-order valence-corrected chi connectivity index (χ0v) is 12.1. The van der Waals surface area contributed by atoms with E-state index in [9.17, 15) is 4.79 Å². The molecule has 0 bridgehead atoms. The number of rotatable bonds is 5. The first-order valence-corrected chi connectivity index (χ1v) is 6.81. The molecule has 2 atom stereocenters. The molecule has 1 aromatic carbocycles. The van der Waals surface area contributed by atoms with Crippen molar-refractivity contribution in [3.8, 4) is 11.5 Å². The predicted octanol–water partition coefficient (Wildman–Crippen LogP) is 2.00. The second kappa shape index (κ2) is 6.13. The largest absolute Gasteiger partial charge is 0.493 e. The average Bonchev–Trinajstić information content (AvgIpc) is 2.95. The smallest absolute Gasteiger partial charge is 0.307 e. The van der Waals surface area contributed by atoms with Crippen molar-refractivity contribution in [2.75, 3.05) is 20.8 Å². The first kappa shape index (κ1) is 14.7. The summed E-state index contributed by atoms with van der Waals surface area (Å²) in [6, 6.07) is 4.03. The van der Waals surface area contributed by atoms with Gasteiger partial charge in [-0.2, -0.15) is 0 Å². The van der Waals surface area contributed by atoms with Crippen molar-refractivity contribution in [3.05, 3.63) is 23.3 Å². The number of carbonyl (C=O) groups is 1. The van der Waals surface area contributed by atoms with E-state index in [1.807, 2.05) is 6.07 Å². The summed E-state index contributed by atoms with van der Waals surface area (Å²) in [5.74, 6) is 0.286. The Morgan fingerprint density at radius 2 is 2.15 bits per heavy atom. The molecule has 1 heterocycles. The van der Waals surface area contributed by atoms with Crippen LogP contribution in [0.15, 0.2) is 12.1 Å². The van der Waals surface area contributed by atoms with E-state index in [0.29, 0.717) is 24.5 Å². The number of nitrogens with one attached hydrogen (secondary N) is 1. The van der Waals surface area contributed by atoms with Crippen molar-refractivity contribution in [2.24, 2.45) is 5.92 Å². The Labute approximate surface area is 118 Å². The molecule has 2 N–H and O–H groups in total. The SMILES string of the molecule is CCc1cc(OC)c(OC)c(C2CC(C(=O)O)CN2)c1. The molecule has 0 spiro atoms. The summed E-state index contributed by atoms with van der Waals surface area (Å²) in [5, 5.41) is 12.4. The number of hydrogen-bond donors (Lipinski definition) is 2. The molecular weight excluding hydrogens is 258 g/mol. The third kappa shape index (κ3) is 2.72. The lowest BCUT2D eigenvalue weighted by molar-refractivity contribution is -0.141. The van der Waals surface area contributed by atoms with E-state index in [4.69, 9.17) is 14.6 Å². The Morgan fingerprint density at radius 3 is 2.65 bits per heavy atom. The van der Waals surface area contributed by atoms with Crippen molar-refractivity contribution >= 4 is 5.97 Å². The number of hydrogen-bond acceptors (Lipinski definition) is 4. The molecule has 0 aliphatic carbocycles. The van der Waals surface area contributed by atoms with Crippen LogP contribution in [0.3, 0.4) is 0 Å². The molecule has 1 saturated heterocycles. The predicted molar refractivity (Wildman–Crippen MR) is 75.4 cm³/mol. The van der Waals surface area contributed by atoms with Crippen LogP contribution in [-0.4, -0.2) is 31.8 Å². The van der Waals surface area contributed by atoms with Gasteiger partial charge in [0.05, 0.1) is 20.1 Å². The second-order valence-electron chi connectivity index (χ2n) is 5.01. The Bertz CT molecular complexity index is 501. The molecular formula is C15H21NO4. The highest BCUT2D eigenvalue weighted by Gasteiger charge is 2.32. The molecule has 2 rings (SSSR count). The number of ether oxygens (including phenoxy) is 2. The van der Waals surface area contributed by atoms with Crippen LogP contribution < -0.4 is 14.8 Å². The van der Waals surface area contributed by atoms with Crippen molar-refractivity contribution < 1.29 is 19.4 Å². The molecule has 1 aliphatic heterocycles. The van der Waals surface area contributed by atoms with Gasteiger partial charge in [0.2, 0.25) is 0 Å². The van der Waals surface area contributed by atoms with E-state index in [0.717, 1.165) is 17.5 Å². The van der Waals surface area contributed by atoms with Gasteiger partial charge in [0.15, 0.2) is 11.5 Å². The zero-order valence-electron chi connectivity index (χ0n) is 12.1. The van der Waals surface area contributed by atoms with Crippen molar-refractivity contribution in [3.63, 3.8) is 0 Å². The molecule has 2 unspecified atom stereocenters. The first-order valence-electron chi connectivity index (χ1n) is 6.81. The van der Waals surface area contributed by atoms with E-state index in [2.05, 4.69) is 18.3 Å². The fourth-order valence-corrected chi connectivity index (χ4v) is 2.68. The number of aliphatic carboxylic acids is 1. The summed E-state index contributed by atoms with van der Waals surface area (Å²) in [5.41, 5.74) is 2.13. The maximum atomic E-state index is 11.1. The summed E-state index contributed by atoms with van der Waals surface area (Å²) in [7, 11) is 3.22. The quantitative estimate of drug-likeness (QED) is 0.863. The Balaban J connectivity index is 2.37. The number of carboxylic acids is 1. The minimum absolute atomic E-state index is 0.00792. The van der Waals surface area contributed by atoms with Crippen LogP contribution in [0.2, 0.25) is 0 Å². The van der Waals surface area contributed by atoms with Crippen molar-refractivity contribution in [1.82, 2.24) is 5.32 Å². The van der Waals surface area contributed by atoms with Crippen LogP contribution in [0, 0.1) is 5.92 Å². The van der Waals surface area contributed by atoms with Gasteiger partial charge in [-0.25, -0.2) is 0 Å². The van der Waals surface area contributed by atoms with Crippen LogP contribution in [0.25, 0.3) is 0 Å². The minimum atomic E-state index is -0.752. The van der Waals surface area contributed by atoms with Gasteiger partial charge in [0.25, 0.3) is 0 Å². The van der Waals surface area contributed by atoms with E-state index >= 15 is 0 Å². The molecule has 0 aromatic heterocycles. The number of methoxy groups -OCH3 is 2. The van der Waals surface area contributed by atoms with Gasteiger partial charge in [-0.1, -0.05) is 13.0 Å². The molecule has 0 saturated carbocycles. The van der Waals surface area contributed by atoms with Gasteiger partial charge in [0, 0.05) is 18.2 Å². The highest BCUT2D eigenvalue weighted by molar-refractivity contribution is 5.71. The Morgan fingerprint density at radius 1 is 1.40 bits per heavy atom. The molecule has 5 nitrogen and oxygen atoms in total. The second-order valence-corrected chi connectivity index (χ2v) is 5.01. The summed E-state index contributed by atoms with van der Waals surface area (Å²) < 4.78 is 10.8. The van der Waals surface area contributed by atoms with Crippen LogP contribution in [0.5, 0.6) is 11.5 Å². The number of carboxylic acid groups (broad SMARTS) is 1. The number of benzene rings is 1. The van der Waals surface area contributed by atoms with Gasteiger partial charge in [-0.05, 0) is 24.5 Å². The molecule has 5 heteroatoms. The van der Waals surface area contributed by atoms with E-state index in [-0.39, 0.29) is 12.0 Å². The molecule has 20 heavy (non-hydrogen) atoms. The van der Waals surface area contributed by atoms with Crippen LogP contribution in [0.4, 0.5) is 0 Å². The maximum absolute atomic E-state index is 11.1. The molecule has 1 fully saturated rings. The average molecular weight is 279 g/mol. The van der Waals surface area contributed by atoms with Gasteiger partial charge in [0.1, 0.15) is 0 Å². The van der Waals surface area contributed by atoms with Gasteiger partial charge >= 0.3 is 5.97 Å². The highest BCUT2D eigenvalue weighted by Crippen LogP contribution is 2.40. The lowest BCUT2D eigenvalue weighted by Crippen LogP contribution is -2.17. The van der Waals surface area contributed by atoms with Gasteiger partial charge in [-0.3, -0.25) is 4.79 Å². The van der Waals surface area contributed by atoms with E-state index in [1.54, 1.807) is 14.2 Å². The fourth-order valence-electron chi connectivity index (χ4n) is 2.68. The normalized spacial score (nSPS) is 21.8. The van der Waals surface area contributed by atoms with E-state index < -0.39 is 5.97 Å². The van der Waals surface area contributed by atoms with Crippen LogP contribution in [-0.2, 0) is 11.2 Å². The summed E-state index contributed by atoms with van der Waals surface area (Å²) in [6.45, 7) is 2.56. The van der Waals surface area contributed by atoms with Gasteiger partial charge < -0.3 is 19.9 Å². The summed E-state index contributed by atoms with van der Waals surface area (Å²) in [4.78, 5) is 11.1. The first-order chi connectivity index (χ1) is 9.60. The van der Waals surface area contributed by atoms with E-state index in [1.165, 1.54) is 0 Å². The van der Waals surface area contributed by atoms with Gasteiger partial charge in [-0.15, -0.1) is 0 Å². The summed E-state index contributed by atoms with van der Waals surface area (Å²) in [6.07, 6.45) is 1.46. The van der Waals surface area contributed by atoms with Crippen LogP contribution in [0.1, 0.15) is 30.5 Å². The standard InChI is InChI=1S/C15H21NO4/c1-4-9-5-11(14(20-3)13(6-9)19-2)12-7-10(8-16-12)15(17)18/h5-6,10,12,16H,4,7-8H2,1-3H3,(H,17,18). The molecule has 1 aromatic rings. The van der Waals surface area contributed by atoms with Crippen molar-refractivity contribution in [2.45, 2.75) is 25.8 Å². The molecule has 0 radical (unpaired) electrons. The zero-order chi connectivity index (χ0) is 14.7. The molecule has 110 valence electrons. The third-order valence-corrected chi connectivity index (χ3v) is 3.83. The monoisotopic (exact) mass is 279 g/mol. The van der Waals surface area contributed by atoms with Crippen molar-refractivity contribution in [1.29, 1.82) is 0 Å². The Kier molecular flexibility index (Phi) is 4.49. The minimum Gasteiger partial charge on any atom is -0.493 e. The maximum Gasteiger partial charge on any atom is 0.307 e. The molecule has 0 amide bonds. The third-order valence-electron chi connectivity index (χ3n) is 3.83. The fraction of sp³-hybridized carbons (Fsp3) is 0.533. The molecule has 1 aliphatic rings. The highest BCUT2D eigenvalue weighted by atomic mass is 16.5. The Hall–Kier alpha value is -1.75. The lowest BCUT2D eigenvalue weighted by atomic mass is 9.96.